The molecule has 1 aromatic carbocycles. The Morgan fingerprint density at radius 3 is 3.03 bits per heavy atom. The maximum absolute atomic E-state index is 12.6. The highest BCUT2D eigenvalue weighted by molar-refractivity contribution is 7.22. The van der Waals surface area contributed by atoms with Crippen LogP contribution < -0.4 is 16.0 Å². The number of carbonyl (C=O) groups excluding carboxylic acids is 1. The van der Waals surface area contributed by atoms with Crippen molar-refractivity contribution in [2.24, 2.45) is 0 Å². The maximum Gasteiger partial charge on any atom is 0.226 e. The topological polar surface area (TPSA) is 66.0 Å². The lowest BCUT2D eigenvalue weighted by Crippen LogP contribution is -2.28. The summed E-state index contributed by atoms with van der Waals surface area (Å²) in [7, 11) is 0. The molecule has 1 aliphatic rings. The first-order valence-corrected chi connectivity index (χ1v) is 11.9. The predicted molar refractivity (Wildman–Crippen MR) is 124 cm³/mol. The molecule has 3 N–H and O–H groups in total. The normalized spacial score (nSPS) is 14.7. The second-order valence-corrected chi connectivity index (χ2v) is 9.82. The number of nitrogens with zero attached hydrogens (tertiary/aromatic N) is 1. The molecule has 4 rings (SSSR count). The zero-order valence-electron chi connectivity index (χ0n) is 17.2. The summed E-state index contributed by atoms with van der Waals surface area (Å²) in [4.78, 5) is 18.9. The van der Waals surface area contributed by atoms with Crippen molar-refractivity contribution in [3.05, 3.63) is 34.2 Å². The lowest BCUT2D eigenvalue weighted by atomic mass is 10.0. The van der Waals surface area contributed by atoms with Gasteiger partial charge in [0.2, 0.25) is 5.91 Å². The Morgan fingerprint density at radius 1 is 1.34 bits per heavy atom. The van der Waals surface area contributed by atoms with Gasteiger partial charge in [-0.25, -0.2) is 4.98 Å². The van der Waals surface area contributed by atoms with E-state index < -0.39 is 0 Å². The second kappa shape index (κ2) is 8.92. The van der Waals surface area contributed by atoms with E-state index in [0.29, 0.717) is 19.0 Å². The molecule has 2 aromatic heterocycles. The number of hydrogen-bond donors (Lipinski definition) is 3. The molecular weight excluding hydrogens is 400 g/mol. The largest absolute Gasteiger partial charge is 0.317 e. The van der Waals surface area contributed by atoms with Gasteiger partial charge in [0.25, 0.3) is 0 Å². The first-order chi connectivity index (χ1) is 14.0. The van der Waals surface area contributed by atoms with Crippen molar-refractivity contribution >= 4 is 43.8 Å². The zero-order chi connectivity index (χ0) is 20.4. The average Bonchev–Trinajstić information content (AvgIpc) is 3.27. The lowest BCUT2D eigenvalue weighted by Gasteiger charge is -2.13. The molecule has 7 heteroatoms. The van der Waals surface area contributed by atoms with Gasteiger partial charge in [-0.3, -0.25) is 4.79 Å². The van der Waals surface area contributed by atoms with Crippen LogP contribution in [0.2, 0.25) is 0 Å². The molecule has 0 bridgehead atoms. The Hall–Kier alpha value is -1.80. The van der Waals surface area contributed by atoms with Gasteiger partial charge in [-0.1, -0.05) is 13.0 Å². The van der Waals surface area contributed by atoms with Crippen molar-refractivity contribution in [2.75, 3.05) is 18.4 Å². The van der Waals surface area contributed by atoms with E-state index in [2.05, 4.69) is 54.9 Å². The van der Waals surface area contributed by atoms with Gasteiger partial charge in [0.1, 0.15) is 10.0 Å². The molecule has 0 saturated carbocycles. The fourth-order valence-corrected chi connectivity index (χ4v) is 5.88. The molecule has 3 heterocycles. The van der Waals surface area contributed by atoms with E-state index in [1.165, 1.54) is 20.7 Å². The molecule has 0 spiro atoms. The van der Waals surface area contributed by atoms with Crippen LogP contribution in [0.1, 0.15) is 42.7 Å². The van der Waals surface area contributed by atoms with Gasteiger partial charge in [0.05, 0.1) is 10.2 Å². The maximum atomic E-state index is 12.6. The molecule has 0 radical (unpaired) electrons. The quantitative estimate of drug-likeness (QED) is 0.510. The summed E-state index contributed by atoms with van der Waals surface area (Å²) >= 11 is 3.41. The van der Waals surface area contributed by atoms with Crippen molar-refractivity contribution in [3.63, 3.8) is 0 Å². The molecular formula is C22H28N4OS2. The van der Waals surface area contributed by atoms with E-state index in [1.54, 1.807) is 22.7 Å². The molecule has 0 aliphatic carbocycles. The third-order valence-corrected chi connectivity index (χ3v) is 7.60. The van der Waals surface area contributed by atoms with Gasteiger partial charge in [-0.15, -0.1) is 22.7 Å². The summed E-state index contributed by atoms with van der Waals surface area (Å²) in [6, 6.07) is 6.84. The van der Waals surface area contributed by atoms with Crippen LogP contribution in [0.25, 0.3) is 20.8 Å². The number of thiazole rings is 1. The Bertz CT molecular complexity index is 1020. The number of anilines is 1. The number of amides is 1. The Balaban J connectivity index is 1.62. The smallest absolute Gasteiger partial charge is 0.226 e. The molecule has 0 saturated heterocycles. The Labute approximate surface area is 179 Å². The van der Waals surface area contributed by atoms with Crippen molar-refractivity contribution in [3.8, 4) is 10.6 Å². The predicted octanol–water partition coefficient (Wildman–Crippen LogP) is 4.70. The van der Waals surface area contributed by atoms with Gasteiger partial charge in [0.15, 0.2) is 0 Å². The first-order valence-electron chi connectivity index (χ1n) is 10.3. The molecule has 29 heavy (non-hydrogen) atoms. The van der Waals surface area contributed by atoms with E-state index in [1.807, 2.05) is 0 Å². The van der Waals surface area contributed by atoms with Crippen LogP contribution >= 0.6 is 22.7 Å². The van der Waals surface area contributed by atoms with Crippen LogP contribution in [0.15, 0.2) is 18.2 Å². The van der Waals surface area contributed by atoms with Crippen molar-refractivity contribution in [1.29, 1.82) is 0 Å². The summed E-state index contributed by atoms with van der Waals surface area (Å²) in [5.41, 5.74) is 4.73. The van der Waals surface area contributed by atoms with Crippen LogP contribution in [0.4, 0.5) is 5.00 Å². The molecule has 154 valence electrons. The lowest BCUT2D eigenvalue weighted by molar-refractivity contribution is -0.116. The average molecular weight is 429 g/mol. The number of thiophene rings is 1. The van der Waals surface area contributed by atoms with Crippen LogP contribution in [0, 0.1) is 6.92 Å². The zero-order valence-corrected chi connectivity index (χ0v) is 18.9. The standard InChI is InChI=1S/C22H28N4OS2/c1-4-14(3)24-10-8-19(27)26-22-20(15-7-9-23-12-18(15)29-22)21-25-16-11-13(2)5-6-17(16)28-21/h5-6,11,14,23-24H,4,7-10,12H2,1-3H3,(H,26,27)/t14-/m0/s1. The molecule has 1 atom stereocenters. The number of rotatable bonds is 7. The van der Waals surface area contributed by atoms with Gasteiger partial charge in [-0.05, 0) is 56.5 Å². The van der Waals surface area contributed by atoms with Crippen LogP contribution in [0.5, 0.6) is 0 Å². The SMILES string of the molecule is CC[C@H](C)NCCC(=O)Nc1sc2c(c1-c1nc3cc(C)ccc3s1)CCNC2. The van der Waals surface area contributed by atoms with Gasteiger partial charge in [-0.2, -0.15) is 0 Å². The summed E-state index contributed by atoms with van der Waals surface area (Å²) in [6.07, 6.45) is 2.51. The van der Waals surface area contributed by atoms with E-state index in [0.717, 1.165) is 47.0 Å². The molecule has 1 aliphatic heterocycles. The first kappa shape index (κ1) is 20.5. The minimum Gasteiger partial charge on any atom is -0.317 e. The number of fused-ring (bicyclic) bond motifs is 2. The monoisotopic (exact) mass is 428 g/mol. The number of nitrogens with one attached hydrogen (secondary N) is 3. The highest BCUT2D eigenvalue weighted by Gasteiger charge is 2.25. The highest BCUT2D eigenvalue weighted by atomic mass is 32.1. The molecule has 3 aromatic rings. The van der Waals surface area contributed by atoms with E-state index in [9.17, 15) is 4.79 Å². The number of hydrogen-bond acceptors (Lipinski definition) is 6. The molecule has 0 unspecified atom stereocenters. The number of benzene rings is 1. The fourth-order valence-electron chi connectivity index (χ4n) is 3.56. The summed E-state index contributed by atoms with van der Waals surface area (Å²) < 4.78 is 1.19. The Morgan fingerprint density at radius 2 is 2.21 bits per heavy atom. The fraction of sp³-hybridized carbons (Fsp3) is 0.455. The van der Waals surface area contributed by atoms with Crippen LogP contribution in [0.3, 0.4) is 0 Å². The summed E-state index contributed by atoms with van der Waals surface area (Å²) in [6.45, 7) is 8.91. The number of aryl methyl sites for hydroxylation is 1. The third kappa shape index (κ3) is 4.53. The van der Waals surface area contributed by atoms with Gasteiger partial charge < -0.3 is 16.0 Å². The second-order valence-electron chi connectivity index (χ2n) is 7.69. The summed E-state index contributed by atoms with van der Waals surface area (Å²) in [5.74, 6) is 0.0607. The Kier molecular flexibility index (Phi) is 6.29. The minimum absolute atomic E-state index is 0.0607. The van der Waals surface area contributed by atoms with Gasteiger partial charge in [0, 0.05) is 36.0 Å². The molecule has 1 amide bonds. The van der Waals surface area contributed by atoms with Crippen molar-refractivity contribution in [1.82, 2.24) is 15.6 Å². The van der Waals surface area contributed by atoms with E-state index >= 15 is 0 Å². The van der Waals surface area contributed by atoms with Crippen molar-refractivity contribution < 1.29 is 4.79 Å². The van der Waals surface area contributed by atoms with Crippen LogP contribution in [-0.2, 0) is 17.8 Å². The van der Waals surface area contributed by atoms with Gasteiger partial charge >= 0.3 is 0 Å². The molecule has 0 fully saturated rings. The minimum atomic E-state index is 0.0607. The molecule has 5 nitrogen and oxygen atoms in total. The van der Waals surface area contributed by atoms with E-state index in [-0.39, 0.29) is 5.91 Å². The van der Waals surface area contributed by atoms with E-state index in [4.69, 9.17) is 4.98 Å². The number of aromatic nitrogens is 1. The highest BCUT2D eigenvalue weighted by Crippen LogP contribution is 2.44. The number of carbonyl (C=O) groups is 1. The van der Waals surface area contributed by atoms with Crippen LogP contribution in [-0.4, -0.2) is 30.0 Å². The third-order valence-electron chi connectivity index (χ3n) is 5.40. The summed E-state index contributed by atoms with van der Waals surface area (Å²) in [5, 5.41) is 12.0. The van der Waals surface area contributed by atoms with Crippen molar-refractivity contribution in [2.45, 2.75) is 52.6 Å².